The van der Waals surface area contributed by atoms with Gasteiger partial charge in [0, 0.05) is 63.2 Å². The molecule has 5 rings (SSSR count). The molecule has 0 radical (unpaired) electrons. The lowest BCUT2D eigenvalue weighted by molar-refractivity contribution is -0.125. The second-order valence-corrected chi connectivity index (χ2v) is 11.6. The first-order valence-corrected chi connectivity index (χ1v) is 14.6. The van der Waals surface area contributed by atoms with E-state index >= 15 is 0 Å². The number of carbonyl (C=O) groups excluding carboxylic acids is 1. The fraction of sp³-hybridized carbons (Fsp3) is 0.385. The lowest BCUT2D eigenvalue weighted by Crippen LogP contribution is -2.51. The summed E-state index contributed by atoms with van der Waals surface area (Å²) < 4.78 is 32.1. The van der Waals surface area contributed by atoms with Gasteiger partial charge in [0.2, 0.25) is 10.0 Å². The Hall–Kier alpha value is -3.81. The summed E-state index contributed by atoms with van der Waals surface area (Å²) in [5.41, 5.74) is 2.71. The van der Waals surface area contributed by atoms with Crippen LogP contribution in [0.1, 0.15) is 5.56 Å². The van der Waals surface area contributed by atoms with E-state index in [-0.39, 0.29) is 31.9 Å². The average Bonchev–Trinajstić information content (AvgIpc) is 3.43. The summed E-state index contributed by atoms with van der Waals surface area (Å²) in [6, 6.07) is 10.0. The van der Waals surface area contributed by atoms with Crippen LogP contribution in [0.5, 0.6) is 0 Å². The molecule has 12 nitrogen and oxygen atoms in total. The van der Waals surface area contributed by atoms with Gasteiger partial charge in [0.25, 0.3) is 5.91 Å². The number of amides is 1. The topological polar surface area (TPSA) is 136 Å². The maximum Gasteiger partial charge on any atom is 0.271 e. The number of nitrogens with zero attached hydrogens (tertiary/aromatic N) is 6. The quantitative estimate of drug-likeness (QED) is 0.525. The van der Waals surface area contributed by atoms with Gasteiger partial charge < -0.3 is 19.9 Å². The maximum atomic E-state index is 13.0. The third kappa shape index (κ3) is 6.27. The highest BCUT2D eigenvalue weighted by Gasteiger charge is 2.28. The molecule has 206 valence electrons. The molecule has 3 aliphatic rings. The van der Waals surface area contributed by atoms with Crippen LogP contribution in [-0.2, 0) is 19.6 Å². The number of morpholine rings is 1. The molecular formula is C26H32N8O4S. The number of sulfonamides is 1. The van der Waals surface area contributed by atoms with Crippen LogP contribution in [0.25, 0.3) is 11.3 Å². The molecule has 2 aromatic rings. The number of benzene rings is 1. The molecule has 0 bridgehead atoms. The molecule has 0 atom stereocenters. The van der Waals surface area contributed by atoms with E-state index in [0.29, 0.717) is 38.0 Å². The predicted octanol–water partition coefficient (Wildman–Crippen LogP) is 0.847. The number of hydrogen-bond acceptors (Lipinski definition) is 9. The van der Waals surface area contributed by atoms with Gasteiger partial charge >= 0.3 is 0 Å². The summed E-state index contributed by atoms with van der Waals surface area (Å²) in [5.74, 6) is 1.19. The average molecular weight is 553 g/mol. The SMILES string of the molecule is Cc1cccc(-c2ccn(C3=N/C(=C/C(=N)C(=O)N4CCN(S(C)(=O)=O)CC4)NC(N4CCOCC4)=C3)n2)c1. The Morgan fingerprint density at radius 3 is 2.54 bits per heavy atom. The minimum Gasteiger partial charge on any atom is -0.378 e. The van der Waals surface area contributed by atoms with Crippen molar-refractivity contribution in [1.82, 2.24) is 29.2 Å². The van der Waals surface area contributed by atoms with Gasteiger partial charge in [-0.1, -0.05) is 23.8 Å². The van der Waals surface area contributed by atoms with Crippen molar-refractivity contribution in [3.05, 3.63) is 65.9 Å². The van der Waals surface area contributed by atoms with Gasteiger partial charge in [0.05, 0.1) is 25.2 Å². The van der Waals surface area contributed by atoms with Gasteiger partial charge in [-0.3, -0.25) is 10.2 Å². The molecule has 2 fully saturated rings. The van der Waals surface area contributed by atoms with Crippen LogP contribution in [0.2, 0.25) is 0 Å². The van der Waals surface area contributed by atoms with E-state index in [0.717, 1.165) is 28.9 Å². The Balaban J connectivity index is 1.38. The van der Waals surface area contributed by atoms with Crippen molar-refractivity contribution in [3.8, 4) is 11.3 Å². The summed E-state index contributed by atoms with van der Waals surface area (Å²) in [7, 11) is -3.31. The van der Waals surface area contributed by atoms with Crippen LogP contribution in [0, 0.1) is 12.3 Å². The number of aromatic nitrogens is 2. The van der Waals surface area contributed by atoms with Gasteiger partial charge in [0.1, 0.15) is 17.4 Å². The van der Waals surface area contributed by atoms with E-state index in [4.69, 9.17) is 15.2 Å². The van der Waals surface area contributed by atoms with E-state index in [9.17, 15) is 13.2 Å². The van der Waals surface area contributed by atoms with E-state index in [1.54, 1.807) is 4.68 Å². The number of ether oxygens (including phenoxy) is 1. The van der Waals surface area contributed by atoms with Gasteiger partial charge in [-0.25, -0.2) is 18.1 Å². The first kappa shape index (κ1) is 26.8. The van der Waals surface area contributed by atoms with Gasteiger partial charge in [0.15, 0.2) is 5.84 Å². The minimum absolute atomic E-state index is 0.210. The standard InChI is InChI=1S/C26H32N8O4S/c1-19-4-3-5-20(16-19)22-6-7-34(30-22)25-18-24(31-12-14-38-15-13-31)28-23(29-25)17-21(27)26(35)32-8-10-33(11-9-32)39(2,36)37/h3-7,16-18,27-28H,8-15H2,1-2H3/b23-17+,27-21?. The fourth-order valence-electron chi connectivity index (χ4n) is 4.64. The van der Waals surface area contributed by atoms with E-state index in [1.165, 1.54) is 15.3 Å². The Kier molecular flexibility index (Phi) is 7.64. The summed E-state index contributed by atoms with van der Waals surface area (Å²) in [6.45, 7) is 5.48. The monoisotopic (exact) mass is 552 g/mol. The van der Waals surface area contributed by atoms with E-state index < -0.39 is 15.9 Å². The molecule has 3 aliphatic heterocycles. The van der Waals surface area contributed by atoms with Crippen molar-refractivity contribution in [2.45, 2.75) is 6.92 Å². The number of aryl methyl sites for hydroxylation is 1. The normalized spacial score (nSPS) is 19.9. The molecule has 0 unspecified atom stereocenters. The highest BCUT2D eigenvalue weighted by atomic mass is 32.2. The predicted molar refractivity (Wildman–Crippen MR) is 148 cm³/mol. The van der Waals surface area contributed by atoms with Crippen LogP contribution >= 0.6 is 0 Å². The van der Waals surface area contributed by atoms with Gasteiger partial charge in [-0.05, 0) is 19.1 Å². The molecule has 4 heterocycles. The van der Waals surface area contributed by atoms with Gasteiger partial charge in [-0.2, -0.15) is 9.40 Å². The summed E-state index contributed by atoms with van der Waals surface area (Å²) in [5, 5.41) is 16.5. The molecule has 13 heteroatoms. The number of hydrogen-bond donors (Lipinski definition) is 2. The third-order valence-electron chi connectivity index (χ3n) is 6.75. The Labute approximate surface area is 227 Å². The number of nitrogens with one attached hydrogen (secondary N) is 2. The molecule has 0 spiro atoms. The lowest BCUT2D eigenvalue weighted by atomic mass is 10.1. The van der Waals surface area contributed by atoms with Crippen molar-refractivity contribution in [2.24, 2.45) is 4.99 Å². The van der Waals surface area contributed by atoms with Crippen molar-refractivity contribution in [2.75, 3.05) is 58.7 Å². The molecule has 2 N–H and O–H groups in total. The zero-order valence-electron chi connectivity index (χ0n) is 22.0. The summed E-state index contributed by atoms with van der Waals surface area (Å²) >= 11 is 0. The van der Waals surface area contributed by atoms with Crippen molar-refractivity contribution < 1.29 is 17.9 Å². The molecule has 1 aromatic heterocycles. The number of allylic oxidation sites excluding steroid dienone is 1. The van der Waals surface area contributed by atoms with Crippen molar-refractivity contribution >= 4 is 27.5 Å². The first-order valence-electron chi connectivity index (χ1n) is 12.8. The second-order valence-electron chi connectivity index (χ2n) is 9.64. The van der Waals surface area contributed by atoms with Crippen LogP contribution in [0.3, 0.4) is 0 Å². The summed E-state index contributed by atoms with van der Waals surface area (Å²) in [6.07, 6.45) is 6.30. The van der Waals surface area contributed by atoms with Gasteiger partial charge in [-0.15, -0.1) is 0 Å². The van der Waals surface area contributed by atoms with E-state index in [1.807, 2.05) is 43.5 Å². The minimum atomic E-state index is -3.31. The third-order valence-corrected chi connectivity index (χ3v) is 8.06. The van der Waals surface area contributed by atoms with Crippen LogP contribution in [0.15, 0.2) is 65.3 Å². The van der Waals surface area contributed by atoms with Crippen LogP contribution in [0.4, 0.5) is 0 Å². The molecule has 1 amide bonds. The van der Waals surface area contributed by atoms with E-state index in [2.05, 4.69) is 21.3 Å². The number of rotatable bonds is 5. The number of piperazine rings is 1. The molecule has 1 aromatic carbocycles. The Morgan fingerprint density at radius 2 is 1.85 bits per heavy atom. The second kappa shape index (κ2) is 11.1. The Morgan fingerprint density at radius 1 is 1.10 bits per heavy atom. The Bertz CT molecular complexity index is 1460. The lowest BCUT2D eigenvalue weighted by Gasteiger charge is -2.33. The zero-order chi connectivity index (χ0) is 27.6. The highest BCUT2D eigenvalue weighted by Crippen LogP contribution is 2.20. The zero-order valence-corrected chi connectivity index (χ0v) is 22.8. The number of aliphatic imine (C=N–C) groups is 1. The van der Waals surface area contributed by atoms with Crippen LogP contribution < -0.4 is 5.32 Å². The van der Waals surface area contributed by atoms with Crippen LogP contribution in [-0.4, -0.2) is 108 Å². The highest BCUT2D eigenvalue weighted by molar-refractivity contribution is 7.88. The first-order chi connectivity index (χ1) is 18.7. The molecule has 2 saturated heterocycles. The summed E-state index contributed by atoms with van der Waals surface area (Å²) in [4.78, 5) is 21.3. The largest absolute Gasteiger partial charge is 0.378 e. The molecule has 0 saturated carbocycles. The molecule has 39 heavy (non-hydrogen) atoms. The van der Waals surface area contributed by atoms with Crippen molar-refractivity contribution in [3.63, 3.8) is 0 Å². The maximum absolute atomic E-state index is 13.0. The van der Waals surface area contributed by atoms with Crippen molar-refractivity contribution in [1.29, 1.82) is 5.41 Å². The smallest absolute Gasteiger partial charge is 0.271 e. The molecule has 0 aliphatic carbocycles. The number of carbonyl (C=O) groups is 1. The molecular weight excluding hydrogens is 520 g/mol. The fourth-order valence-corrected chi connectivity index (χ4v) is 5.46.